The molecule has 0 aliphatic carbocycles. The SMILES string of the molecule is Cc1cc(CNC(=O)CN(C)Cc2ccccc2F)ccc1F. The van der Waals surface area contributed by atoms with E-state index in [0.29, 0.717) is 24.2 Å². The predicted molar refractivity (Wildman–Crippen MR) is 85.7 cm³/mol. The number of halogens is 2. The third-order valence-electron chi connectivity index (χ3n) is 3.52. The van der Waals surface area contributed by atoms with E-state index in [1.54, 1.807) is 49.2 Å². The molecule has 0 aliphatic heterocycles. The van der Waals surface area contributed by atoms with E-state index in [0.717, 1.165) is 5.56 Å². The van der Waals surface area contributed by atoms with E-state index in [9.17, 15) is 13.6 Å². The molecular formula is C18H20F2N2O. The van der Waals surface area contributed by atoms with Gasteiger partial charge in [-0.25, -0.2) is 8.78 Å². The summed E-state index contributed by atoms with van der Waals surface area (Å²) in [6.45, 7) is 2.54. The summed E-state index contributed by atoms with van der Waals surface area (Å²) in [6.07, 6.45) is 0. The van der Waals surface area contributed by atoms with Crippen molar-refractivity contribution in [2.45, 2.75) is 20.0 Å². The van der Waals surface area contributed by atoms with Crippen LogP contribution in [0.25, 0.3) is 0 Å². The molecule has 0 heterocycles. The Kier molecular flexibility index (Phi) is 5.82. The smallest absolute Gasteiger partial charge is 0.234 e. The number of nitrogens with zero attached hydrogens (tertiary/aromatic N) is 1. The molecule has 122 valence electrons. The Labute approximate surface area is 134 Å². The topological polar surface area (TPSA) is 32.3 Å². The van der Waals surface area contributed by atoms with Gasteiger partial charge in [0, 0.05) is 18.7 Å². The normalized spacial score (nSPS) is 10.8. The molecule has 1 amide bonds. The number of amides is 1. The minimum absolute atomic E-state index is 0.161. The van der Waals surface area contributed by atoms with Gasteiger partial charge in [-0.3, -0.25) is 9.69 Å². The van der Waals surface area contributed by atoms with Crippen LogP contribution < -0.4 is 5.32 Å². The lowest BCUT2D eigenvalue weighted by atomic mass is 10.1. The van der Waals surface area contributed by atoms with Gasteiger partial charge in [-0.15, -0.1) is 0 Å². The molecule has 0 aliphatic rings. The molecule has 0 spiro atoms. The maximum absolute atomic E-state index is 13.6. The Morgan fingerprint density at radius 1 is 1.13 bits per heavy atom. The predicted octanol–water partition coefficient (Wildman–Crippen LogP) is 3.02. The standard InChI is InChI=1S/C18H20F2N2O/c1-13-9-14(7-8-16(13)19)10-21-18(23)12-22(2)11-15-5-3-4-6-17(15)20/h3-9H,10-12H2,1-2H3,(H,21,23). The molecule has 3 nitrogen and oxygen atoms in total. The van der Waals surface area contributed by atoms with Gasteiger partial charge < -0.3 is 5.32 Å². The fourth-order valence-corrected chi connectivity index (χ4v) is 2.29. The summed E-state index contributed by atoms with van der Waals surface area (Å²) >= 11 is 0. The second kappa shape index (κ2) is 7.83. The Hall–Kier alpha value is -2.27. The summed E-state index contributed by atoms with van der Waals surface area (Å²) in [5.74, 6) is -0.697. The van der Waals surface area contributed by atoms with Gasteiger partial charge in [-0.1, -0.05) is 30.3 Å². The van der Waals surface area contributed by atoms with Crippen molar-refractivity contribution in [1.29, 1.82) is 0 Å². The molecule has 1 N–H and O–H groups in total. The molecule has 2 rings (SSSR count). The lowest BCUT2D eigenvalue weighted by molar-refractivity contribution is -0.122. The van der Waals surface area contributed by atoms with Gasteiger partial charge in [0.2, 0.25) is 5.91 Å². The summed E-state index contributed by atoms with van der Waals surface area (Å²) in [6, 6.07) is 11.2. The number of benzene rings is 2. The van der Waals surface area contributed by atoms with Crippen molar-refractivity contribution in [2.24, 2.45) is 0 Å². The zero-order valence-corrected chi connectivity index (χ0v) is 13.3. The van der Waals surface area contributed by atoms with Crippen molar-refractivity contribution in [3.63, 3.8) is 0 Å². The van der Waals surface area contributed by atoms with E-state index in [1.807, 2.05) is 0 Å². The first-order valence-electron chi connectivity index (χ1n) is 7.39. The number of nitrogens with one attached hydrogen (secondary N) is 1. The summed E-state index contributed by atoms with van der Waals surface area (Å²) in [7, 11) is 1.76. The average molecular weight is 318 g/mol. The molecule has 23 heavy (non-hydrogen) atoms. The van der Waals surface area contributed by atoms with Crippen LogP contribution in [-0.4, -0.2) is 24.4 Å². The Morgan fingerprint density at radius 3 is 2.57 bits per heavy atom. The lowest BCUT2D eigenvalue weighted by Gasteiger charge is -2.17. The van der Waals surface area contributed by atoms with Gasteiger partial charge in [-0.05, 0) is 37.2 Å². The number of carbonyl (C=O) groups excluding carboxylic acids is 1. The Bertz CT molecular complexity index is 688. The van der Waals surface area contributed by atoms with Gasteiger partial charge in [0.1, 0.15) is 11.6 Å². The highest BCUT2D eigenvalue weighted by atomic mass is 19.1. The zero-order valence-electron chi connectivity index (χ0n) is 13.3. The number of rotatable bonds is 6. The van der Waals surface area contributed by atoms with E-state index in [4.69, 9.17) is 0 Å². The molecule has 0 aromatic heterocycles. The maximum atomic E-state index is 13.6. The van der Waals surface area contributed by atoms with Crippen molar-refractivity contribution in [3.05, 3.63) is 70.8 Å². The fourth-order valence-electron chi connectivity index (χ4n) is 2.29. The van der Waals surface area contributed by atoms with Crippen LogP contribution in [-0.2, 0) is 17.9 Å². The first kappa shape index (κ1) is 17.1. The fraction of sp³-hybridized carbons (Fsp3) is 0.278. The maximum Gasteiger partial charge on any atom is 0.234 e. The molecule has 5 heteroatoms. The summed E-state index contributed by atoms with van der Waals surface area (Å²) in [4.78, 5) is 13.7. The molecule has 2 aromatic rings. The first-order chi connectivity index (χ1) is 11.0. The van der Waals surface area contributed by atoms with Crippen LogP contribution in [0.3, 0.4) is 0 Å². The van der Waals surface area contributed by atoms with Crippen LogP contribution in [0.1, 0.15) is 16.7 Å². The zero-order chi connectivity index (χ0) is 16.8. The third kappa shape index (κ3) is 5.14. The highest BCUT2D eigenvalue weighted by Gasteiger charge is 2.09. The van der Waals surface area contributed by atoms with Gasteiger partial charge in [-0.2, -0.15) is 0 Å². The van der Waals surface area contributed by atoms with Crippen molar-refractivity contribution >= 4 is 5.91 Å². The largest absolute Gasteiger partial charge is 0.351 e. The molecule has 2 aromatic carbocycles. The quantitative estimate of drug-likeness (QED) is 0.888. The lowest BCUT2D eigenvalue weighted by Crippen LogP contribution is -2.34. The third-order valence-corrected chi connectivity index (χ3v) is 3.52. The van der Waals surface area contributed by atoms with Crippen LogP contribution >= 0.6 is 0 Å². The van der Waals surface area contributed by atoms with Crippen molar-refractivity contribution in [1.82, 2.24) is 10.2 Å². The van der Waals surface area contributed by atoms with Crippen molar-refractivity contribution in [3.8, 4) is 0 Å². The molecule has 0 radical (unpaired) electrons. The van der Waals surface area contributed by atoms with Gasteiger partial charge >= 0.3 is 0 Å². The van der Waals surface area contributed by atoms with Crippen molar-refractivity contribution < 1.29 is 13.6 Å². The monoisotopic (exact) mass is 318 g/mol. The number of hydrogen-bond donors (Lipinski definition) is 1. The van der Waals surface area contributed by atoms with Crippen LogP contribution in [0.5, 0.6) is 0 Å². The second-order valence-electron chi connectivity index (χ2n) is 5.62. The van der Waals surface area contributed by atoms with E-state index < -0.39 is 0 Å². The van der Waals surface area contributed by atoms with Gasteiger partial charge in [0.25, 0.3) is 0 Å². The summed E-state index contributed by atoms with van der Waals surface area (Å²) in [5, 5.41) is 2.78. The highest BCUT2D eigenvalue weighted by molar-refractivity contribution is 5.77. The second-order valence-corrected chi connectivity index (χ2v) is 5.62. The minimum Gasteiger partial charge on any atom is -0.351 e. The molecule has 0 unspecified atom stereocenters. The number of likely N-dealkylation sites (N-methyl/N-ethyl adjacent to an activating group) is 1. The average Bonchev–Trinajstić information content (AvgIpc) is 2.51. The van der Waals surface area contributed by atoms with Gasteiger partial charge in [0.05, 0.1) is 6.54 Å². The highest BCUT2D eigenvalue weighted by Crippen LogP contribution is 2.10. The molecule has 0 atom stereocenters. The molecule has 0 fully saturated rings. The summed E-state index contributed by atoms with van der Waals surface area (Å²) < 4.78 is 26.8. The van der Waals surface area contributed by atoms with Crippen LogP contribution in [0.2, 0.25) is 0 Å². The van der Waals surface area contributed by atoms with Gasteiger partial charge in [0.15, 0.2) is 0 Å². The number of aryl methyl sites for hydroxylation is 1. The minimum atomic E-state index is -0.276. The number of carbonyl (C=O) groups is 1. The Morgan fingerprint density at radius 2 is 1.87 bits per heavy atom. The van der Waals surface area contributed by atoms with Crippen LogP contribution in [0.15, 0.2) is 42.5 Å². The van der Waals surface area contributed by atoms with Crippen molar-refractivity contribution in [2.75, 3.05) is 13.6 Å². The number of hydrogen-bond acceptors (Lipinski definition) is 2. The molecular weight excluding hydrogens is 298 g/mol. The van der Waals surface area contributed by atoms with E-state index in [-0.39, 0.29) is 24.1 Å². The van der Waals surface area contributed by atoms with E-state index >= 15 is 0 Å². The van der Waals surface area contributed by atoms with Crippen LogP contribution in [0.4, 0.5) is 8.78 Å². The molecule has 0 saturated heterocycles. The summed E-state index contributed by atoms with van der Waals surface area (Å²) in [5.41, 5.74) is 1.94. The van der Waals surface area contributed by atoms with E-state index in [1.165, 1.54) is 12.1 Å². The van der Waals surface area contributed by atoms with Crippen LogP contribution in [0, 0.1) is 18.6 Å². The molecule has 0 saturated carbocycles. The van der Waals surface area contributed by atoms with E-state index in [2.05, 4.69) is 5.32 Å². The Balaban J connectivity index is 1.82. The first-order valence-corrected chi connectivity index (χ1v) is 7.39. The molecule has 0 bridgehead atoms.